The van der Waals surface area contributed by atoms with Gasteiger partial charge in [-0.15, -0.1) is 0 Å². The highest BCUT2D eigenvalue weighted by atomic mass is 15.1. The molecule has 0 spiro atoms. The maximum Gasteiger partial charge on any atom is 0.182 e. The summed E-state index contributed by atoms with van der Waals surface area (Å²) < 4.78 is 0. The Labute approximate surface area is 98.4 Å². The Morgan fingerprint density at radius 1 is 1.18 bits per heavy atom. The topological polar surface area (TPSA) is 86.5 Å². The molecule has 0 aromatic carbocycles. The zero-order chi connectivity index (χ0) is 11.9. The summed E-state index contributed by atoms with van der Waals surface area (Å²) in [5.74, 6) is 1.11. The molecule has 84 valence electrons. The van der Waals surface area contributed by atoms with Gasteiger partial charge in [0, 0.05) is 12.3 Å². The van der Waals surface area contributed by atoms with Gasteiger partial charge in [0.1, 0.15) is 18.0 Å². The second kappa shape index (κ2) is 5.42. The summed E-state index contributed by atoms with van der Waals surface area (Å²) in [6.45, 7) is 0.573. The fourth-order valence-electron chi connectivity index (χ4n) is 1.26. The maximum absolute atomic E-state index is 8.47. The number of nitriles is 1. The molecule has 0 fully saturated rings. The van der Waals surface area contributed by atoms with Crippen molar-refractivity contribution in [3.63, 3.8) is 0 Å². The van der Waals surface area contributed by atoms with E-state index in [0.29, 0.717) is 18.2 Å². The largest absolute Gasteiger partial charge is 0.364 e. The lowest BCUT2D eigenvalue weighted by molar-refractivity contribution is 1.02. The molecule has 2 aromatic rings. The molecule has 2 aromatic heterocycles. The molecule has 0 unspecified atom stereocenters. The third-order valence-corrected chi connectivity index (χ3v) is 2.03. The molecule has 0 saturated carbocycles. The van der Waals surface area contributed by atoms with Crippen LogP contribution >= 0.6 is 0 Å². The van der Waals surface area contributed by atoms with Crippen molar-refractivity contribution in [2.75, 3.05) is 10.6 Å². The van der Waals surface area contributed by atoms with Crippen molar-refractivity contribution >= 4 is 11.6 Å². The Kier molecular flexibility index (Phi) is 3.45. The molecule has 2 N–H and O–H groups in total. The molecule has 17 heavy (non-hydrogen) atoms. The number of nitrogens with one attached hydrogen (secondary N) is 2. The van der Waals surface area contributed by atoms with Crippen molar-refractivity contribution in [1.82, 2.24) is 15.0 Å². The quantitative estimate of drug-likeness (QED) is 0.605. The predicted molar refractivity (Wildman–Crippen MR) is 62.8 cm³/mol. The van der Waals surface area contributed by atoms with Gasteiger partial charge in [0.15, 0.2) is 6.19 Å². The Balaban J connectivity index is 2.00. The summed E-state index contributed by atoms with van der Waals surface area (Å²) in [7, 11) is 0. The van der Waals surface area contributed by atoms with Gasteiger partial charge in [-0.05, 0) is 12.1 Å². The number of anilines is 2. The van der Waals surface area contributed by atoms with Crippen LogP contribution in [0.15, 0.2) is 36.8 Å². The van der Waals surface area contributed by atoms with Crippen LogP contribution in [0.3, 0.4) is 0 Å². The maximum atomic E-state index is 8.47. The van der Waals surface area contributed by atoms with Crippen molar-refractivity contribution in [2.45, 2.75) is 6.54 Å². The fraction of sp³-hybridized carbons (Fsp3) is 0.0909. The third-order valence-electron chi connectivity index (χ3n) is 2.03. The van der Waals surface area contributed by atoms with E-state index in [0.717, 1.165) is 5.69 Å². The minimum Gasteiger partial charge on any atom is -0.364 e. The van der Waals surface area contributed by atoms with E-state index in [2.05, 4.69) is 25.6 Å². The number of hydrogen-bond donors (Lipinski definition) is 2. The molecule has 0 aliphatic heterocycles. The lowest BCUT2D eigenvalue weighted by Gasteiger charge is -2.05. The van der Waals surface area contributed by atoms with Crippen molar-refractivity contribution < 1.29 is 0 Å². The highest BCUT2D eigenvalue weighted by Gasteiger charge is 1.98. The van der Waals surface area contributed by atoms with E-state index >= 15 is 0 Å². The average Bonchev–Trinajstić information content (AvgIpc) is 2.39. The first-order valence-electron chi connectivity index (χ1n) is 4.99. The van der Waals surface area contributed by atoms with Crippen molar-refractivity contribution in [3.05, 3.63) is 42.5 Å². The summed E-state index contributed by atoms with van der Waals surface area (Å²) in [4.78, 5) is 12.1. The molecule has 0 bridgehead atoms. The van der Waals surface area contributed by atoms with Crippen molar-refractivity contribution in [3.8, 4) is 6.19 Å². The second-order valence-corrected chi connectivity index (χ2v) is 3.20. The van der Waals surface area contributed by atoms with E-state index in [9.17, 15) is 0 Å². The van der Waals surface area contributed by atoms with Gasteiger partial charge in [-0.3, -0.25) is 10.3 Å². The Hall–Kier alpha value is -2.68. The Morgan fingerprint density at radius 2 is 2.06 bits per heavy atom. The van der Waals surface area contributed by atoms with Crippen LogP contribution in [0.4, 0.5) is 11.6 Å². The minimum atomic E-state index is 0.464. The monoisotopic (exact) mass is 226 g/mol. The highest BCUT2D eigenvalue weighted by Crippen LogP contribution is 2.08. The number of rotatable bonds is 4. The molecule has 0 saturated heterocycles. The summed E-state index contributed by atoms with van der Waals surface area (Å²) in [6.07, 6.45) is 4.93. The van der Waals surface area contributed by atoms with Crippen LogP contribution < -0.4 is 10.6 Å². The molecule has 0 aliphatic rings. The average molecular weight is 226 g/mol. The number of nitrogens with zero attached hydrogens (tertiary/aromatic N) is 4. The number of aromatic nitrogens is 3. The molecule has 2 rings (SSSR count). The molecule has 6 nitrogen and oxygen atoms in total. The van der Waals surface area contributed by atoms with E-state index in [4.69, 9.17) is 5.26 Å². The molecule has 6 heteroatoms. The zero-order valence-electron chi connectivity index (χ0n) is 8.96. The molecular weight excluding hydrogens is 216 g/mol. The molecular formula is C11H10N6. The van der Waals surface area contributed by atoms with Crippen LogP contribution in [-0.2, 0) is 6.54 Å². The second-order valence-electron chi connectivity index (χ2n) is 3.20. The molecule has 2 heterocycles. The lowest BCUT2D eigenvalue weighted by Crippen LogP contribution is -2.04. The first-order chi connectivity index (χ1) is 8.38. The van der Waals surface area contributed by atoms with Gasteiger partial charge in [0.2, 0.25) is 0 Å². The molecule has 0 atom stereocenters. The van der Waals surface area contributed by atoms with Crippen LogP contribution in [0, 0.1) is 11.5 Å². The lowest BCUT2D eigenvalue weighted by atomic mass is 10.3. The standard InChI is InChI=1S/C11H10N6/c12-7-15-11-5-10(16-8-17-11)14-6-9-3-1-2-4-13-9/h1-5,8H,6H2,(H2,14,15,16,17). The summed E-state index contributed by atoms with van der Waals surface area (Å²) in [6, 6.07) is 7.37. The number of hydrogen-bond acceptors (Lipinski definition) is 6. The van der Waals surface area contributed by atoms with Gasteiger partial charge in [-0.1, -0.05) is 6.07 Å². The molecule has 0 aliphatic carbocycles. The Morgan fingerprint density at radius 3 is 2.82 bits per heavy atom. The van der Waals surface area contributed by atoms with E-state index in [1.807, 2.05) is 18.2 Å². The normalized spacial score (nSPS) is 9.35. The van der Waals surface area contributed by atoms with Crippen LogP contribution in [0.2, 0.25) is 0 Å². The van der Waals surface area contributed by atoms with Gasteiger partial charge >= 0.3 is 0 Å². The molecule has 0 radical (unpaired) electrons. The predicted octanol–water partition coefficient (Wildman–Crippen LogP) is 1.38. The minimum absolute atomic E-state index is 0.464. The fourth-order valence-corrected chi connectivity index (χ4v) is 1.26. The SMILES string of the molecule is N#CNc1cc(NCc2ccccn2)ncn1. The van der Waals surface area contributed by atoms with E-state index in [-0.39, 0.29) is 0 Å². The van der Waals surface area contributed by atoms with Crippen molar-refractivity contribution in [1.29, 1.82) is 5.26 Å². The summed E-state index contributed by atoms with van der Waals surface area (Å²) >= 11 is 0. The van der Waals surface area contributed by atoms with Crippen LogP contribution in [0.1, 0.15) is 5.69 Å². The smallest absolute Gasteiger partial charge is 0.182 e. The van der Waals surface area contributed by atoms with Crippen LogP contribution in [0.25, 0.3) is 0 Å². The van der Waals surface area contributed by atoms with Gasteiger partial charge in [-0.25, -0.2) is 9.97 Å². The summed E-state index contributed by atoms with van der Waals surface area (Å²) in [5.41, 5.74) is 0.918. The van der Waals surface area contributed by atoms with E-state index < -0.39 is 0 Å². The highest BCUT2D eigenvalue weighted by molar-refractivity contribution is 5.48. The van der Waals surface area contributed by atoms with Crippen LogP contribution in [0.5, 0.6) is 0 Å². The van der Waals surface area contributed by atoms with Crippen molar-refractivity contribution in [2.24, 2.45) is 0 Å². The first kappa shape index (κ1) is 10.8. The summed E-state index contributed by atoms with van der Waals surface area (Å²) in [5, 5.41) is 14.0. The third kappa shape index (κ3) is 3.14. The van der Waals surface area contributed by atoms with Gasteiger partial charge in [-0.2, -0.15) is 5.26 Å². The molecule has 0 amide bonds. The van der Waals surface area contributed by atoms with Crippen LogP contribution in [-0.4, -0.2) is 15.0 Å². The Bertz CT molecular complexity index is 519. The van der Waals surface area contributed by atoms with Gasteiger partial charge < -0.3 is 5.32 Å². The zero-order valence-corrected chi connectivity index (χ0v) is 8.96. The van der Waals surface area contributed by atoms with E-state index in [1.54, 1.807) is 18.5 Å². The first-order valence-corrected chi connectivity index (χ1v) is 4.99. The van der Waals surface area contributed by atoms with Gasteiger partial charge in [0.25, 0.3) is 0 Å². The number of pyridine rings is 1. The van der Waals surface area contributed by atoms with Gasteiger partial charge in [0.05, 0.1) is 12.2 Å². The van der Waals surface area contributed by atoms with E-state index in [1.165, 1.54) is 6.33 Å².